The van der Waals surface area contributed by atoms with Gasteiger partial charge in [0.2, 0.25) is 6.79 Å². The summed E-state index contributed by atoms with van der Waals surface area (Å²) in [6, 6.07) is 25.0. The van der Waals surface area contributed by atoms with Crippen molar-refractivity contribution in [1.29, 1.82) is 0 Å². The molecule has 0 radical (unpaired) electrons. The first-order chi connectivity index (χ1) is 19.8. The van der Waals surface area contributed by atoms with Crippen molar-refractivity contribution < 1.29 is 42.9 Å². The van der Waals surface area contributed by atoms with Crippen LogP contribution in [0.5, 0.6) is 23.0 Å². The predicted molar refractivity (Wildman–Crippen MR) is 147 cm³/mol. The fourth-order valence-corrected chi connectivity index (χ4v) is 3.32. The Balaban J connectivity index is 1.27. The average molecular weight is 553 g/mol. The second-order valence-corrected chi connectivity index (χ2v) is 8.48. The molecule has 0 aromatic heterocycles. The van der Waals surface area contributed by atoms with Crippen LogP contribution >= 0.6 is 0 Å². The number of hydrogen-bond acceptors (Lipinski definition) is 9. The number of carbonyl (C=O) groups excluding carboxylic acids is 4. The van der Waals surface area contributed by atoms with E-state index in [9.17, 15) is 19.2 Å². The van der Waals surface area contributed by atoms with Crippen LogP contribution in [0.1, 0.15) is 36.6 Å². The Labute approximate surface area is 235 Å². The largest absolute Gasteiger partial charge is 0.457 e. The van der Waals surface area contributed by atoms with Crippen molar-refractivity contribution in [2.24, 2.45) is 0 Å². The van der Waals surface area contributed by atoms with Gasteiger partial charge in [-0.1, -0.05) is 24.3 Å². The monoisotopic (exact) mass is 552 g/mol. The highest BCUT2D eigenvalue weighted by Crippen LogP contribution is 2.21. The van der Waals surface area contributed by atoms with Gasteiger partial charge in [0.05, 0.1) is 16.7 Å². The average Bonchev–Trinajstić information content (AvgIpc) is 2.99. The van der Waals surface area contributed by atoms with Gasteiger partial charge >= 0.3 is 23.9 Å². The third kappa shape index (κ3) is 8.14. The standard InChI is InChI=1S/C32H24O9/c1-3-29(33)38-20-37-25-12-8-23(9-13-25)31(35)39-26-14-10-24(11-15-26)32(36)41-28-18-16-27(17-19-28)40-30(34)22-6-4-21(2)5-7-22/h3-19H,1,20H2,2H3. The van der Waals surface area contributed by atoms with Gasteiger partial charge < -0.3 is 23.7 Å². The molecule has 0 aliphatic rings. The van der Waals surface area contributed by atoms with Crippen molar-refractivity contribution >= 4 is 23.9 Å². The lowest BCUT2D eigenvalue weighted by molar-refractivity contribution is -0.144. The van der Waals surface area contributed by atoms with Gasteiger partial charge in [0, 0.05) is 6.08 Å². The zero-order valence-electron chi connectivity index (χ0n) is 21.9. The number of ether oxygens (including phenoxy) is 5. The van der Waals surface area contributed by atoms with E-state index in [1.165, 1.54) is 72.8 Å². The lowest BCUT2D eigenvalue weighted by atomic mass is 10.1. The zero-order chi connectivity index (χ0) is 29.2. The van der Waals surface area contributed by atoms with Crippen molar-refractivity contribution in [3.8, 4) is 23.0 Å². The number of esters is 4. The maximum Gasteiger partial charge on any atom is 0.343 e. The molecule has 0 saturated carbocycles. The van der Waals surface area contributed by atoms with E-state index in [1.54, 1.807) is 12.1 Å². The fraction of sp³-hybridized carbons (Fsp3) is 0.0625. The smallest absolute Gasteiger partial charge is 0.343 e. The van der Waals surface area contributed by atoms with Gasteiger partial charge in [-0.25, -0.2) is 19.2 Å². The maximum atomic E-state index is 12.5. The number of benzene rings is 4. The van der Waals surface area contributed by atoms with E-state index in [1.807, 2.05) is 19.1 Å². The van der Waals surface area contributed by atoms with Crippen LogP contribution in [-0.2, 0) is 9.53 Å². The van der Waals surface area contributed by atoms with Gasteiger partial charge in [0.15, 0.2) is 0 Å². The molecule has 9 nitrogen and oxygen atoms in total. The molecule has 0 aliphatic carbocycles. The molecular weight excluding hydrogens is 528 g/mol. The first-order valence-corrected chi connectivity index (χ1v) is 12.3. The molecule has 4 aromatic carbocycles. The van der Waals surface area contributed by atoms with E-state index in [4.69, 9.17) is 23.7 Å². The normalized spacial score (nSPS) is 10.2. The summed E-state index contributed by atoms with van der Waals surface area (Å²) >= 11 is 0. The number of aryl methyl sites for hydroxylation is 1. The SMILES string of the molecule is C=CC(=O)OCOc1ccc(C(=O)Oc2ccc(C(=O)Oc3ccc(OC(=O)c4ccc(C)cc4)cc3)cc2)cc1. The first-order valence-electron chi connectivity index (χ1n) is 12.3. The van der Waals surface area contributed by atoms with E-state index < -0.39 is 23.9 Å². The van der Waals surface area contributed by atoms with Crippen LogP contribution in [0.15, 0.2) is 110 Å². The van der Waals surface area contributed by atoms with E-state index in [0.717, 1.165) is 11.6 Å². The summed E-state index contributed by atoms with van der Waals surface area (Å²) in [7, 11) is 0. The lowest BCUT2D eigenvalue weighted by Crippen LogP contribution is -2.11. The molecule has 41 heavy (non-hydrogen) atoms. The Morgan fingerprint density at radius 3 is 1.29 bits per heavy atom. The number of carbonyl (C=O) groups is 4. The van der Waals surface area contributed by atoms with Gasteiger partial charge in [-0.3, -0.25) is 0 Å². The molecule has 0 N–H and O–H groups in total. The van der Waals surface area contributed by atoms with Gasteiger partial charge in [-0.05, 0) is 91.9 Å². The second kappa shape index (κ2) is 13.4. The van der Waals surface area contributed by atoms with Gasteiger partial charge in [0.1, 0.15) is 23.0 Å². The van der Waals surface area contributed by atoms with Crippen LogP contribution in [0.3, 0.4) is 0 Å². The van der Waals surface area contributed by atoms with Crippen LogP contribution < -0.4 is 18.9 Å². The van der Waals surface area contributed by atoms with Crippen molar-refractivity contribution in [2.75, 3.05) is 6.79 Å². The molecule has 0 fully saturated rings. The third-order valence-corrected chi connectivity index (χ3v) is 5.52. The highest BCUT2D eigenvalue weighted by molar-refractivity contribution is 5.93. The molecular formula is C32H24O9. The highest BCUT2D eigenvalue weighted by atomic mass is 16.7. The first kappa shape index (κ1) is 28.3. The van der Waals surface area contributed by atoms with E-state index in [2.05, 4.69) is 6.58 Å². The Bertz CT molecular complexity index is 1540. The summed E-state index contributed by atoms with van der Waals surface area (Å²) < 4.78 is 26.0. The van der Waals surface area contributed by atoms with E-state index in [-0.39, 0.29) is 29.4 Å². The van der Waals surface area contributed by atoms with Crippen LogP contribution in [0.25, 0.3) is 0 Å². The van der Waals surface area contributed by atoms with Gasteiger partial charge in [-0.15, -0.1) is 0 Å². The van der Waals surface area contributed by atoms with Crippen molar-refractivity contribution in [1.82, 2.24) is 0 Å². The fourth-order valence-electron chi connectivity index (χ4n) is 3.32. The Hall–Kier alpha value is -5.70. The summed E-state index contributed by atoms with van der Waals surface area (Å²) in [6.45, 7) is 4.92. The molecule has 206 valence electrons. The molecule has 4 aromatic rings. The molecule has 0 saturated heterocycles. The Kier molecular flexibility index (Phi) is 9.25. The van der Waals surface area contributed by atoms with Crippen LogP contribution in [0, 0.1) is 6.92 Å². The van der Waals surface area contributed by atoms with Crippen molar-refractivity contribution in [2.45, 2.75) is 6.92 Å². The van der Waals surface area contributed by atoms with E-state index >= 15 is 0 Å². The third-order valence-electron chi connectivity index (χ3n) is 5.52. The minimum absolute atomic E-state index is 0.225. The second-order valence-electron chi connectivity index (χ2n) is 8.48. The topological polar surface area (TPSA) is 114 Å². The summed E-state index contributed by atoms with van der Waals surface area (Å²) in [5, 5.41) is 0. The lowest BCUT2D eigenvalue weighted by Gasteiger charge is -2.09. The maximum absolute atomic E-state index is 12.5. The molecule has 0 aliphatic heterocycles. The minimum atomic E-state index is -0.623. The molecule has 9 heteroatoms. The van der Waals surface area contributed by atoms with Crippen molar-refractivity contribution in [3.63, 3.8) is 0 Å². The molecule has 4 rings (SSSR count). The summed E-state index contributed by atoms with van der Waals surface area (Å²) in [6.07, 6.45) is 1.02. The van der Waals surface area contributed by atoms with Crippen LogP contribution in [0.2, 0.25) is 0 Å². The minimum Gasteiger partial charge on any atom is -0.457 e. The molecule has 0 amide bonds. The molecule has 0 spiro atoms. The van der Waals surface area contributed by atoms with E-state index in [0.29, 0.717) is 17.1 Å². The molecule has 0 heterocycles. The highest BCUT2D eigenvalue weighted by Gasteiger charge is 2.13. The number of hydrogen-bond donors (Lipinski definition) is 0. The van der Waals surface area contributed by atoms with Crippen LogP contribution in [-0.4, -0.2) is 30.7 Å². The molecule has 0 unspecified atom stereocenters. The summed E-state index contributed by atoms with van der Waals surface area (Å²) in [5.74, 6) is -1.18. The summed E-state index contributed by atoms with van der Waals surface area (Å²) in [5.41, 5.74) is 1.95. The van der Waals surface area contributed by atoms with Gasteiger partial charge in [-0.2, -0.15) is 0 Å². The predicted octanol–water partition coefficient (Wildman–Crippen LogP) is 5.72. The van der Waals surface area contributed by atoms with Crippen molar-refractivity contribution in [3.05, 3.63) is 132 Å². The number of rotatable bonds is 10. The molecule has 0 bridgehead atoms. The van der Waals surface area contributed by atoms with Gasteiger partial charge in [0.25, 0.3) is 0 Å². The zero-order valence-corrected chi connectivity index (χ0v) is 21.9. The molecule has 0 atom stereocenters. The Morgan fingerprint density at radius 1 is 0.561 bits per heavy atom. The Morgan fingerprint density at radius 2 is 0.902 bits per heavy atom. The summed E-state index contributed by atoms with van der Waals surface area (Å²) in [4.78, 5) is 48.3. The quantitative estimate of drug-likeness (QED) is 0.105. The van der Waals surface area contributed by atoms with Crippen LogP contribution in [0.4, 0.5) is 0 Å².